The minimum atomic E-state index is -0.879. The van der Waals surface area contributed by atoms with Gasteiger partial charge in [0.15, 0.2) is 0 Å². The van der Waals surface area contributed by atoms with Gasteiger partial charge in [0.25, 0.3) is 0 Å². The lowest BCUT2D eigenvalue weighted by molar-refractivity contribution is -0.147. The molecule has 0 unspecified atom stereocenters. The van der Waals surface area contributed by atoms with Crippen LogP contribution in [0.5, 0.6) is 0 Å². The van der Waals surface area contributed by atoms with Crippen LogP contribution < -0.4 is 5.32 Å². The number of amides is 1. The molecule has 25 heavy (non-hydrogen) atoms. The number of fused-ring (bicyclic) bond motifs is 2. The molecule has 2 aromatic rings. The molecule has 1 aromatic heterocycles. The fourth-order valence-corrected chi connectivity index (χ4v) is 4.13. The smallest absolute Gasteiger partial charge is 0.307 e. The molecule has 4 rings (SSSR count). The lowest BCUT2D eigenvalue weighted by Gasteiger charge is -2.24. The van der Waals surface area contributed by atoms with Crippen LogP contribution in [0.1, 0.15) is 12.0 Å². The van der Waals surface area contributed by atoms with Crippen LogP contribution in [-0.4, -0.2) is 26.5 Å². The third kappa shape index (κ3) is 2.73. The Kier molecular flexibility index (Phi) is 3.87. The number of imidazole rings is 1. The number of nitrogens with zero attached hydrogens (tertiary/aromatic N) is 2. The zero-order valence-electron chi connectivity index (χ0n) is 13.6. The van der Waals surface area contributed by atoms with E-state index in [-0.39, 0.29) is 17.7 Å². The van der Waals surface area contributed by atoms with Crippen LogP contribution in [0.25, 0.3) is 5.69 Å². The van der Waals surface area contributed by atoms with Gasteiger partial charge in [-0.3, -0.25) is 9.59 Å². The van der Waals surface area contributed by atoms with Crippen molar-refractivity contribution in [1.82, 2.24) is 14.9 Å². The van der Waals surface area contributed by atoms with Crippen LogP contribution >= 0.6 is 0 Å². The second-order valence-electron chi connectivity index (χ2n) is 6.65. The third-order valence-electron chi connectivity index (χ3n) is 5.27. The number of benzene rings is 1. The van der Waals surface area contributed by atoms with Crippen molar-refractivity contribution in [3.8, 4) is 5.69 Å². The van der Waals surface area contributed by atoms with E-state index in [2.05, 4.69) is 10.3 Å². The number of hydrogen-bond donors (Lipinski definition) is 2. The quantitative estimate of drug-likeness (QED) is 0.818. The van der Waals surface area contributed by atoms with Crippen molar-refractivity contribution in [3.05, 3.63) is 60.7 Å². The molecule has 1 aromatic carbocycles. The van der Waals surface area contributed by atoms with Gasteiger partial charge in [0.1, 0.15) is 0 Å². The molecule has 2 aliphatic carbocycles. The fourth-order valence-electron chi connectivity index (χ4n) is 4.13. The van der Waals surface area contributed by atoms with Crippen molar-refractivity contribution in [2.24, 2.45) is 23.7 Å². The van der Waals surface area contributed by atoms with Gasteiger partial charge in [-0.2, -0.15) is 0 Å². The van der Waals surface area contributed by atoms with E-state index in [1.807, 2.05) is 47.2 Å². The lowest BCUT2D eigenvalue weighted by atomic mass is 9.82. The van der Waals surface area contributed by atoms with Crippen molar-refractivity contribution in [1.29, 1.82) is 0 Å². The molecule has 1 heterocycles. The highest BCUT2D eigenvalue weighted by atomic mass is 16.4. The van der Waals surface area contributed by atoms with Crippen molar-refractivity contribution in [2.75, 3.05) is 0 Å². The van der Waals surface area contributed by atoms with E-state index in [4.69, 9.17) is 0 Å². The number of carbonyl (C=O) groups excluding carboxylic acids is 1. The highest BCUT2D eigenvalue weighted by Gasteiger charge is 2.51. The van der Waals surface area contributed by atoms with E-state index < -0.39 is 17.8 Å². The van der Waals surface area contributed by atoms with Crippen LogP contribution in [0.4, 0.5) is 0 Å². The summed E-state index contributed by atoms with van der Waals surface area (Å²) in [4.78, 5) is 28.3. The van der Waals surface area contributed by atoms with E-state index in [1.54, 1.807) is 12.5 Å². The Labute approximate surface area is 145 Å². The van der Waals surface area contributed by atoms with E-state index in [0.29, 0.717) is 6.54 Å². The van der Waals surface area contributed by atoms with Crippen LogP contribution in [0, 0.1) is 23.7 Å². The normalized spacial score (nSPS) is 26.7. The maximum atomic E-state index is 12.7. The number of nitrogens with one attached hydrogen (secondary N) is 1. The largest absolute Gasteiger partial charge is 0.481 e. The molecule has 0 spiro atoms. The molecule has 6 nitrogen and oxygen atoms in total. The fraction of sp³-hybridized carbons (Fsp3) is 0.316. The predicted molar refractivity (Wildman–Crippen MR) is 90.8 cm³/mol. The first kappa shape index (κ1) is 15.6. The summed E-state index contributed by atoms with van der Waals surface area (Å²) in [6.45, 7) is 0.358. The minimum absolute atomic E-state index is 0.0171. The maximum Gasteiger partial charge on any atom is 0.307 e. The summed E-state index contributed by atoms with van der Waals surface area (Å²) in [5.41, 5.74) is 1.90. The van der Waals surface area contributed by atoms with E-state index in [9.17, 15) is 14.7 Å². The van der Waals surface area contributed by atoms with Crippen LogP contribution in [0.2, 0.25) is 0 Å². The van der Waals surface area contributed by atoms with Crippen molar-refractivity contribution in [3.63, 3.8) is 0 Å². The average molecular weight is 337 g/mol. The van der Waals surface area contributed by atoms with Crippen LogP contribution in [-0.2, 0) is 16.1 Å². The highest BCUT2D eigenvalue weighted by Crippen LogP contribution is 2.48. The van der Waals surface area contributed by atoms with Gasteiger partial charge >= 0.3 is 5.97 Å². The summed E-state index contributed by atoms with van der Waals surface area (Å²) >= 11 is 0. The molecule has 2 bridgehead atoms. The molecular weight excluding hydrogens is 318 g/mol. The van der Waals surface area contributed by atoms with E-state index >= 15 is 0 Å². The number of rotatable bonds is 5. The molecule has 1 amide bonds. The Bertz CT molecular complexity index is 828. The summed E-state index contributed by atoms with van der Waals surface area (Å²) in [7, 11) is 0. The second kappa shape index (κ2) is 6.20. The molecule has 0 radical (unpaired) electrons. The monoisotopic (exact) mass is 337 g/mol. The Hall–Kier alpha value is -2.89. The van der Waals surface area contributed by atoms with Crippen LogP contribution in [0.3, 0.4) is 0 Å². The van der Waals surface area contributed by atoms with Gasteiger partial charge in [0.2, 0.25) is 5.91 Å². The topological polar surface area (TPSA) is 84.2 Å². The standard InChI is InChI=1S/C19H19N3O3/c23-18(16-12-5-6-13(9-12)17(16)19(24)25)21-10-14-3-1-2-4-15(14)22-8-7-20-11-22/h1-8,11-13,16-17H,9-10H2,(H,21,23)(H,24,25)/t12-,13-,16-,17+/m0/s1. The summed E-state index contributed by atoms with van der Waals surface area (Å²) in [6, 6.07) is 7.76. The molecule has 4 atom stereocenters. The Morgan fingerprint density at radius 2 is 1.96 bits per heavy atom. The zero-order chi connectivity index (χ0) is 17.4. The molecule has 0 aliphatic heterocycles. The number of allylic oxidation sites excluding steroid dienone is 2. The number of carboxylic acid groups (broad SMARTS) is 1. The second-order valence-corrected chi connectivity index (χ2v) is 6.65. The lowest BCUT2D eigenvalue weighted by Crippen LogP contribution is -2.40. The molecular formula is C19H19N3O3. The summed E-state index contributed by atoms with van der Waals surface area (Å²) in [6.07, 6.45) is 9.97. The van der Waals surface area contributed by atoms with E-state index in [0.717, 1.165) is 17.7 Å². The van der Waals surface area contributed by atoms with E-state index in [1.165, 1.54) is 0 Å². The van der Waals surface area contributed by atoms with Gasteiger partial charge in [0, 0.05) is 18.9 Å². The molecule has 1 fully saturated rings. The molecule has 1 saturated carbocycles. The van der Waals surface area contributed by atoms with Crippen molar-refractivity contribution >= 4 is 11.9 Å². The van der Waals surface area contributed by atoms with Gasteiger partial charge in [-0.05, 0) is 29.9 Å². The molecule has 2 N–H and O–H groups in total. The van der Waals surface area contributed by atoms with Gasteiger partial charge in [0.05, 0.1) is 23.9 Å². The first-order chi connectivity index (χ1) is 12.1. The SMILES string of the molecule is O=C(NCc1ccccc1-n1ccnc1)[C@@H]1[C@H](C(=O)O)[C@H]2C=C[C@H]1C2. The Morgan fingerprint density at radius 3 is 2.68 bits per heavy atom. The minimum Gasteiger partial charge on any atom is -0.481 e. The molecule has 128 valence electrons. The van der Waals surface area contributed by atoms with Gasteiger partial charge < -0.3 is 15.0 Å². The Balaban J connectivity index is 1.50. The van der Waals surface area contributed by atoms with Gasteiger partial charge in [-0.15, -0.1) is 0 Å². The van der Waals surface area contributed by atoms with Crippen molar-refractivity contribution in [2.45, 2.75) is 13.0 Å². The van der Waals surface area contributed by atoms with Crippen LogP contribution in [0.15, 0.2) is 55.1 Å². The summed E-state index contributed by atoms with van der Waals surface area (Å²) in [5, 5.41) is 12.4. The predicted octanol–water partition coefficient (Wildman–Crippen LogP) is 2.01. The first-order valence-electron chi connectivity index (χ1n) is 8.40. The number of aromatic nitrogens is 2. The molecule has 6 heteroatoms. The molecule has 2 aliphatic rings. The van der Waals surface area contributed by atoms with Gasteiger partial charge in [-0.1, -0.05) is 30.4 Å². The summed E-state index contributed by atoms with van der Waals surface area (Å²) in [5.74, 6) is -2.13. The third-order valence-corrected chi connectivity index (χ3v) is 5.27. The number of hydrogen-bond acceptors (Lipinski definition) is 3. The average Bonchev–Trinajstić information content (AvgIpc) is 3.35. The first-order valence-corrected chi connectivity index (χ1v) is 8.40. The number of para-hydroxylation sites is 1. The summed E-state index contributed by atoms with van der Waals surface area (Å²) < 4.78 is 1.89. The van der Waals surface area contributed by atoms with Gasteiger partial charge in [-0.25, -0.2) is 4.98 Å². The number of carbonyl (C=O) groups is 2. The highest BCUT2D eigenvalue weighted by molar-refractivity contribution is 5.86. The Morgan fingerprint density at radius 1 is 1.20 bits per heavy atom. The molecule has 0 saturated heterocycles. The zero-order valence-corrected chi connectivity index (χ0v) is 13.6. The number of aliphatic carboxylic acids is 1. The van der Waals surface area contributed by atoms with Crippen molar-refractivity contribution < 1.29 is 14.7 Å². The number of carboxylic acids is 1. The maximum absolute atomic E-state index is 12.7.